The predicted molar refractivity (Wildman–Crippen MR) is 71.4 cm³/mol. The Hall–Kier alpha value is -0.710. The van der Waals surface area contributed by atoms with Crippen molar-refractivity contribution in [1.82, 2.24) is 4.90 Å². The monoisotopic (exact) mass is 261 g/mol. The Bertz CT molecular complexity index is 226. The van der Waals surface area contributed by atoms with Crippen LogP contribution in [0.1, 0.15) is 39.5 Å². The molecule has 1 amide bonds. The standard InChI is InChI=1S/C12H23NO3S/c1-3-5-7-13(8-6-4-2)11(14)9-17-10-12(15)16/h3-10H2,1-2H3,(H,15,16). The first-order valence-electron chi connectivity index (χ1n) is 6.19. The van der Waals surface area contributed by atoms with Crippen molar-refractivity contribution in [3.8, 4) is 0 Å². The van der Waals surface area contributed by atoms with Crippen LogP contribution in [0.4, 0.5) is 0 Å². The van der Waals surface area contributed by atoms with E-state index in [2.05, 4.69) is 13.8 Å². The van der Waals surface area contributed by atoms with Gasteiger partial charge in [-0.15, -0.1) is 11.8 Å². The number of amides is 1. The van der Waals surface area contributed by atoms with Gasteiger partial charge in [-0.25, -0.2) is 0 Å². The molecule has 17 heavy (non-hydrogen) atoms. The average Bonchev–Trinajstić information content (AvgIpc) is 2.28. The summed E-state index contributed by atoms with van der Waals surface area (Å²) in [5, 5.41) is 8.50. The van der Waals surface area contributed by atoms with Gasteiger partial charge in [-0.1, -0.05) is 26.7 Å². The second-order valence-corrected chi connectivity index (χ2v) is 4.96. The number of carbonyl (C=O) groups excluding carboxylic acids is 1. The molecule has 0 spiro atoms. The van der Waals surface area contributed by atoms with Crippen LogP contribution in [-0.4, -0.2) is 46.5 Å². The van der Waals surface area contributed by atoms with Crippen molar-refractivity contribution in [2.75, 3.05) is 24.6 Å². The lowest BCUT2D eigenvalue weighted by atomic mass is 10.2. The number of carboxylic acid groups (broad SMARTS) is 1. The summed E-state index contributed by atoms with van der Waals surface area (Å²) >= 11 is 1.17. The van der Waals surface area contributed by atoms with E-state index in [4.69, 9.17) is 5.11 Å². The molecule has 4 nitrogen and oxygen atoms in total. The Labute approximate surface area is 108 Å². The molecule has 0 fully saturated rings. The van der Waals surface area contributed by atoms with E-state index in [0.717, 1.165) is 38.8 Å². The van der Waals surface area contributed by atoms with Gasteiger partial charge in [0, 0.05) is 13.1 Å². The van der Waals surface area contributed by atoms with Crippen LogP contribution < -0.4 is 0 Å². The van der Waals surface area contributed by atoms with Crippen molar-refractivity contribution in [1.29, 1.82) is 0 Å². The fraction of sp³-hybridized carbons (Fsp3) is 0.833. The summed E-state index contributed by atoms with van der Waals surface area (Å²) in [5.41, 5.74) is 0. The maximum atomic E-state index is 11.8. The van der Waals surface area contributed by atoms with E-state index in [1.165, 1.54) is 11.8 Å². The first-order chi connectivity index (χ1) is 8.11. The molecule has 0 aromatic carbocycles. The number of hydrogen-bond donors (Lipinski definition) is 1. The molecule has 0 bridgehead atoms. The minimum atomic E-state index is -0.864. The van der Waals surface area contributed by atoms with Crippen LogP contribution in [0.2, 0.25) is 0 Å². The molecule has 0 saturated carbocycles. The van der Waals surface area contributed by atoms with Crippen molar-refractivity contribution < 1.29 is 14.7 Å². The molecule has 0 atom stereocenters. The summed E-state index contributed by atoms with van der Waals surface area (Å²) in [6.45, 7) is 5.79. The molecule has 0 rings (SSSR count). The number of thioether (sulfide) groups is 1. The highest BCUT2D eigenvalue weighted by molar-refractivity contribution is 8.00. The Morgan fingerprint density at radius 3 is 2.00 bits per heavy atom. The van der Waals surface area contributed by atoms with E-state index in [1.54, 1.807) is 0 Å². The number of carbonyl (C=O) groups is 2. The SMILES string of the molecule is CCCCN(CCCC)C(=O)CSCC(=O)O. The lowest BCUT2D eigenvalue weighted by Gasteiger charge is -2.22. The Morgan fingerprint density at radius 1 is 1.06 bits per heavy atom. The summed E-state index contributed by atoms with van der Waals surface area (Å²) in [6.07, 6.45) is 4.16. The molecule has 0 aromatic rings. The van der Waals surface area contributed by atoms with Gasteiger partial charge in [0.05, 0.1) is 11.5 Å². The molecule has 5 heteroatoms. The van der Waals surface area contributed by atoms with Crippen LogP contribution in [0.3, 0.4) is 0 Å². The van der Waals surface area contributed by atoms with Crippen LogP contribution in [0.25, 0.3) is 0 Å². The number of nitrogens with zero attached hydrogens (tertiary/aromatic N) is 1. The summed E-state index contributed by atoms with van der Waals surface area (Å²) in [4.78, 5) is 24.1. The molecule has 1 N–H and O–H groups in total. The third-order valence-electron chi connectivity index (χ3n) is 2.37. The van der Waals surface area contributed by atoms with E-state index in [0.29, 0.717) is 0 Å². The van der Waals surface area contributed by atoms with Crippen LogP contribution in [0.15, 0.2) is 0 Å². The van der Waals surface area contributed by atoms with Gasteiger partial charge in [0.2, 0.25) is 5.91 Å². The molecule has 0 saturated heterocycles. The Kier molecular flexibility index (Phi) is 10.0. The topological polar surface area (TPSA) is 57.6 Å². The van der Waals surface area contributed by atoms with Crippen molar-refractivity contribution in [2.24, 2.45) is 0 Å². The lowest BCUT2D eigenvalue weighted by molar-refractivity contribution is -0.133. The van der Waals surface area contributed by atoms with Gasteiger partial charge in [0.1, 0.15) is 0 Å². The molecular formula is C12H23NO3S. The molecule has 0 unspecified atom stereocenters. The lowest BCUT2D eigenvalue weighted by Crippen LogP contribution is -2.34. The summed E-state index contributed by atoms with van der Waals surface area (Å²) < 4.78 is 0. The van der Waals surface area contributed by atoms with Crippen molar-refractivity contribution in [2.45, 2.75) is 39.5 Å². The number of aliphatic carboxylic acids is 1. The van der Waals surface area contributed by atoms with Crippen LogP contribution in [0, 0.1) is 0 Å². The number of carboxylic acids is 1. The maximum Gasteiger partial charge on any atom is 0.313 e. The Morgan fingerprint density at radius 2 is 1.59 bits per heavy atom. The molecule has 0 radical (unpaired) electrons. The molecule has 0 aromatic heterocycles. The molecule has 100 valence electrons. The van der Waals surface area contributed by atoms with Crippen molar-refractivity contribution in [3.63, 3.8) is 0 Å². The largest absolute Gasteiger partial charge is 0.481 e. The number of rotatable bonds is 10. The third kappa shape index (κ3) is 9.03. The van der Waals surface area contributed by atoms with Crippen LogP contribution in [-0.2, 0) is 9.59 Å². The highest BCUT2D eigenvalue weighted by atomic mass is 32.2. The minimum absolute atomic E-state index is 0.00113. The molecule has 0 aliphatic carbocycles. The van der Waals surface area contributed by atoms with Crippen molar-refractivity contribution >= 4 is 23.6 Å². The molecular weight excluding hydrogens is 238 g/mol. The van der Waals surface area contributed by atoms with Crippen LogP contribution >= 0.6 is 11.8 Å². The zero-order chi connectivity index (χ0) is 13.1. The van der Waals surface area contributed by atoms with Crippen molar-refractivity contribution in [3.05, 3.63) is 0 Å². The number of unbranched alkanes of at least 4 members (excludes halogenated alkanes) is 2. The zero-order valence-corrected chi connectivity index (χ0v) is 11.6. The predicted octanol–water partition coefficient (Wildman–Crippen LogP) is 2.23. The van der Waals surface area contributed by atoms with E-state index in [-0.39, 0.29) is 17.4 Å². The average molecular weight is 261 g/mol. The normalized spacial score (nSPS) is 10.2. The maximum absolute atomic E-state index is 11.8. The van der Waals surface area contributed by atoms with E-state index in [9.17, 15) is 9.59 Å². The number of hydrogen-bond acceptors (Lipinski definition) is 3. The van der Waals surface area contributed by atoms with Crippen LogP contribution in [0.5, 0.6) is 0 Å². The first-order valence-corrected chi connectivity index (χ1v) is 7.34. The van der Waals surface area contributed by atoms with Gasteiger partial charge in [-0.2, -0.15) is 0 Å². The fourth-order valence-corrected chi connectivity index (χ4v) is 2.01. The fourth-order valence-electron chi connectivity index (χ4n) is 1.38. The second kappa shape index (κ2) is 10.4. The van der Waals surface area contributed by atoms with Gasteiger partial charge < -0.3 is 10.0 Å². The highest BCUT2D eigenvalue weighted by Gasteiger charge is 2.12. The van der Waals surface area contributed by atoms with E-state index < -0.39 is 5.97 Å². The van der Waals surface area contributed by atoms with Gasteiger partial charge in [-0.3, -0.25) is 9.59 Å². The van der Waals surface area contributed by atoms with Gasteiger partial charge in [0.15, 0.2) is 0 Å². The van der Waals surface area contributed by atoms with Gasteiger partial charge in [-0.05, 0) is 12.8 Å². The van der Waals surface area contributed by atoms with E-state index in [1.807, 2.05) is 4.90 Å². The summed E-state index contributed by atoms with van der Waals surface area (Å²) in [7, 11) is 0. The van der Waals surface area contributed by atoms with Gasteiger partial charge in [0.25, 0.3) is 0 Å². The highest BCUT2D eigenvalue weighted by Crippen LogP contribution is 2.05. The minimum Gasteiger partial charge on any atom is -0.481 e. The molecule has 0 aliphatic rings. The summed E-state index contributed by atoms with van der Waals surface area (Å²) in [6, 6.07) is 0. The zero-order valence-electron chi connectivity index (χ0n) is 10.8. The summed E-state index contributed by atoms with van der Waals surface area (Å²) in [5.74, 6) is -0.518. The molecule has 0 aliphatic heterocycles. The second-order valence-electron chi connectivity index (χ2n) is 3.97. The van der Waals surface area contributed by atoms with Gasteiger partial charge >= 0.3 is 5.97 Å². The smallest absolute Gasteiger partial charge is 0.313 e. The van der Waals surface area contributed by atoms with E-state index >= 15 is 0 Å². The first kappa shape index (κ1) is 16.3. The quantitative estimate of drug-likeness (QED) is 0.655. The Balaban J connectivity index is 3.97. The molecule has 0 heterocycles. The third-order valence-corrected chi connectivity index (χ3v) is 3.27.